The second kappa shape index (κ2) is 9.37. The van der Waals surface area contributed by atoms with Gasteiger partial charge in [-0.2, -0.15) is 5.10 Å². The molecule has 1 atom stereocenters. The van der Waals surface area contributed by atoms with Crippen LogP contribution in [0.5, 0.6) is 0 Å². The molecule has 0 saturated heterocycles. The molecule has 1 heterocycles. The number of benzene rings is 2. The third-order valence-corrected chi connectivity index (χ3v) is 4.99. The molecule has 152 valence electrons. The van der Waals surface area contributed by atoms with E-state index in [-0.39, 0.29) is 24.6 Å². The van der Waals surface area contributed by atoms with E-state index in [1.165, 1.54) is 0 Å². The number of para-hydroxylation sites is 2. The van der Waals surface area contributed by atoms with E-state index in [1.807, 2.05) is 48.5 Å². The number of hydrogen-bond donors (Lipinski definition) is 1. The fourth-order valence-electron chi connectivity index (χ4n) is 3.48. The van der Waals surface area contributed by atoms with Crippen molar-refractivity contribution in [1.82, 2.24) is 0 Å². The van der Waals surface area contributed by atoms with Gasteiger partial charge in [0.05, 0.1) is 12.3 Å². The second-order valence-corrected chi connectivity index (χ2v) is 6.81. The molecule has 0 aromatic heterocycles. The third-order valence-electron chi connectivity index (χ3n) is 4.99. The van der Waals surface area contributed by atoms with Crippen LogP contribution in [-0.2, 0) is 27.2 Å². The minimum atomic E-state index is -0.619. The molecule has 0 aliphatic carbocycles. The number of carbonyl (C=O) groups excluding carboxylic acids is 2. The lowest BCUT2D eigenvalue weighted by Gasteiger charge is -2.24. The number of rotatable bonds is 7. The maximum absolute atomic E-state index is 13.3. The number of hydrogen-bond acceptors (Lipinski definition) is 5. The molecule has 3 rings (SSSR count). The highest BCUT2D eigenvalue weighted by molar-refractivity contribution is 6.38. The Hall–Kier alpha value is -3.15. The molecule has 6 nitrogen and oxygen atoms in total. The lowest BCUT2D eigenvalue weighted by molar-refractivity contribution is -0.135. The zero-order valence-electron chi connectivity index (χ0n) is 17.1. The number of hydrazone groups is 1. The van der Waals surface area contributed by atoms with Crippen LogP contribution in [0.4, 0.5) is 11.4 Å². The fourth-order valence-corrected chi connectivity index (χ4v) is 3.48. The van der Waals surface area contributed by atoms with Crippen LogP contribution >= 0.6 is 0 Å². The summed E-state index contributed by atoms with van der Waals surface area (Å²) >= 11 is 0. The molecule has 0 radical (unpaired) electrons. The maximum Gasteiger partial charge on any atom is 0.354 e. The maximum atomic E-state index is 13.3. The van der Waals surface area contributed by atoms with Crippen molar-refractivity contribution in [1.29, 1.82) is 0 Å². The lowest BCUT2D eigenvalue weighted by atomic mass is 10.0. The van der Waals surface area contributed by atoms with Gasteiger partial charge in [-0.3, -0.25) is 9.80 Å². The molecule has 1 amide bonds. The highest BCUT2D eigenvalue weighted by Gasteiger charge is 2.37. The van der Waals surface area contributed by atoms with Crippen LogP contribution in [0.3, 0.4) is 0 Å². The standard InChI is InChI=1S/C23H27N3O3/c1-4-16-11-10-12-17(5-2)21(16)24-22(27)20-15-19(23(28)29-6-3)25-26(20)18-13-8-7-9-14-18/h7-14,20H,4-6,15H2,1-3H3,(H,24,27). The number of nitrogens with zero attached hydrogens (tertiary/aromatic N) is 2. The zero-order valence-corrected chi connectivity index (χ0v) is 17.1. The van der Waals surface area contributed by atoms with E-state index in [1.54, 1.807) is 11.9 Å². The van der Waals surface area contributed by atoms with Gasteiger partial charge in [0.1, 0.15) is 11.8 Å². The number of aryl methyl sites for hydroxylation is 2. The van der Waals surface area contributed by atoms with Gasteiger partial charge in [-0.1, -0.05) is 50.2 Å². The van der Waals surface area contributed by atoms with Crippen LogP contribution in [0.1, 0.15) is 38.3 Å². The van der Waals surface area contributed by atoms with Crippen LogP contribution in [0.25, 0.3) is 0 Å². The topological polar surface area (TPSA) is 71.0 Å². The van der Waals surface area contributed by atoms with Crippen LogP contribution in [0.2, 0.25) is 0 Å². The largest absolute Gasteiger partial charge is 0.461 e. The summed E-state index contributed by atoms with van der Waals surface area (Å²) in [7, 11) is 0. The van der Waals surface area contributed by atoms with E-state index in [4.69, 9.17) is 4.74 Å². The number of nitrogens with one attached hydrogen (secondary N) is 1. The van der Waals surface area contributed by atoms with Crippen LogP contribution in [0, 0.1) is 0 Å². The number of amides is 1. The highest BCUT2D eigenvalue weighted by atomic mass is 16.5. The van der Waals surface area contributed by atoms with Crippen molar-refractivity contribution < 1.29 is 14.3 Å². The average molecular weight is 393 g/mol. The van der Waals surface area contributed by atoms with Gasteiger partial charge in [0, 0.05) is 12.1 Å². The minimum absolute atomic E-state index is 0.187. The fraction of sp³-hybridized carbons (Fsp3) is 0.348. The van der Waals surface area contributed by atoms with Gasteiger partial charge < -0.3 is 10.1 Å². The smallest absolute Gasteiger partial charge is 0.354 e. The third kappa shape index (κ3) is 4.47. The number of carbonyl (C=O) groups is 2. The van der Waals surface area contributed by atoms with Gasteiger partial charge in [0.25, 0.3) is 0 Å². The summed E-state index contributed by atoms with van der Waals surface area (Å²) in [5.41, 5.74) is 4.06. The molecule has 1 unspecified atom stereocenters. The number of esters is 1. The van der Waals surface area contributed by atoms with E-state index in [2.05, 4.69) is 24.3 Å². The number of ether oxygens (including phenoxy) is 1. The van der Waals surface area contributed by atoms with Crippen molar-refractivity contribution in [3.05, 3.63) is 59.7 Å². The Labute approximate surface area is 171 Å². The van der Waals surface area contributed by atoms with Gasteiger partial charge >= 0.3 is 5.97 Å². The van der Waals surface area contributed by atoms with Crippen molar-refractivity contribution >= 4 is 29.0 Å². The van der Waals surface area contributed by atoms with Gasteiger partial charge in [0.15, 0.2) is 0 Å². The van der Waals surface area contributed by atoms with Crippen LogP contribution in [-0.4, -0.2) is 30.2 Å². The van der Waals surface area contributed by atoms with Crippen molar-refractivity contribution in [2.24, 2.45) is 5.10 Å². The first kappa shape index (κ1) is 20.6. The Balaban J connectivity index is 1.90. The summed E-state index contributed by atoms with van der Waals surface area (Å²) in [6, 6.07) is 14.8. The Morgan fingerprint density at radius 3 is 2.28 bits per heavy atom. The summed E-state index contributed by atoms with van der Waals surface area (Å²) in [5.74, 6) is -0.667. The van der Waals surface area contributed by atoms with Crippen LogP contribution in [0.15, 0.2) is 53.6 Å². The van der Waals surface area contributed by atoms with Gasteiger partial charge in [-0.25, -0.2) is 4.79 Å². The second-order valence-electron chi connectivity index (χ2n) is 6.81. The predicted molar refractivity (Wildman–Crippen MR) is 115 cm³/mol. The van der Waals surface area contributed by atoms with E-state index in [9.17, 15) is 9.59 Å². The first-order chi connectivity index (χ1) is 14.1. The summed E-state index contributed by atoms with van der Waals surface area (Å²) in [6.45, 7) is 6.15. The summed E-state index contributed by atoms with van der Waals surface area (Å²) in [5, 5.41) is 9.14. The van der Waals surface area contributed by atoms with Gasteiger partial charge in [-0.15, -0.1) is 0 Å². The lowest BCUT2D eigenvalue weighted by Crippen LogP contribution is -2.39. The monoisotopic (exact) mass is 393 g/mol. The molecule has 0 spiro atoms. The summed E-state index contributed by atoms with van der Waals surface area (Å²) in [6.07, 6.45) is 1.84. The Bertz CT molecular complexity index is 887. The average Bonchev–Trinajstić information content (AvgIpc) is 3.20. The van der Waals surface area contributed by atoms with Gasteiger partial charge in [0.2, 0.25) is 5.91 Å². The summed E-state index contributed by atoms with van der Waals surface area (Å²) < 4.78 is 5.10. The molecular weight excluding hydrogens is 366 g/mol. The first-order valence-corrected chi connectivity index (χ1v) is 10.1. The van der Waals surface area contributed by atoms with Crippen molar-refractivity contribution in [3.8, 4) is 0 Å². The normalized spacial score (nSPS) is 15.8. The molecule has 1 aliphatic heterocycles. The van der Waals surface area contributed by atoms with Crippen molar-refractivity contribution in [2.75, 3.05) is 16.9 Å². The zero-order chi connectivity index (χ0) is 20.8. The molecule has 0 fully saturated rings. The van der Waals surface area contributed by atoms with Crippen molar-refractivity contribution in [2.45, 2.75) is 46.1 Å². The molecule has 2 aromatic rings. The Morgan fingerprint density at radius 1 is 1.03 bits per heavy atom. The molecule has 1 N–H and O–H groups in total. The van der Waals surface area contributed by atoms with Gasteiger partial charge in [-0.05, 0) is 43.0 Å². The Kier molecular flexibility index (Phi) is 6.65. The van der Waals surface area contributed by atoms with E-state index in [0.717, 1.165) is 35.3 Å². The molecule has 29 heavy (non-hydrogen) atoms. The van der Waals surface area contributed by atoms with Crippen LogP contribution < -0.4 is 10.3 Å². The SMILES string of the molecule is CCOC(=O)C1=NN(c2ccccc2)C(C(=O)Nc2c(CC)cccc2CC)C1. The first-order valence-electron chi connectivity index (χ1n) is 10.1. The summed E-state index contributed by atoms with van der Waals surface area (Å²) in [4.78, 5) is 25.5. The molecular formula is C23H27N3O3. The molecule has 6 heteroatoms. The molecule has 2 aromatic carbocycles. The quantitative estimate of drug-likeness (QED) is 0.723. The predicted octanol–water partition coefficient (Wildman–Crippen LogP) is 3.95. The Morgan fingerprint density at radius 2 is 1.69 bits per heavy atom. The van der Waals surface area contributed by atoms with E-state index in [0.29, 0.717) is 0 Å². The molecule has 0 saturated carbocycles. The highest BCUT2D eigenvalue weighted by Crippen LogP contribution is 2.28. The number of anilines is 2. The van der Waals surface area contributed by atoms with E-state index >= 15 is 0 Å². The molecule has 0 bridgehead atoms. The molecule has 1 aliphatic rings. The van der Waals surface area contributed by atoms with Crippen molar-refractivity contribution in [3.63, 3.8) is 0 Å². The van der Waals surface area contributed by atoms with E-state index < -0.39 is 12.0 Å². The minimum Gasteiger partial charge on any atom is -0.461 e.